The fraction of sp³-hybridized carbons (Fsp3) is 0.769. The minimum absolute atomic E-state index is 0.0625. The van der Waals surface area contributed by atoms with Gasteiger partial charge in [0, 0.05) is 19.3 Å². The van der Waals surface area contributed by atoms with Gasteiger partial charge in [0.05, 0.1) is 5.41 Å². The van der Waals surface area contributed by atoms with E-state index in [1.807, 2.05) is 13.8 Å². The monoisotopic (exact) mass is 312 g/mol. The van der Waals surface area contributed by atoms with E-state index in [-0.39, 0.29) is 18.8 Å². The van der Waals surface area contributed by atoms with Crippen molar-refractivity contribution in [3.8, 4) is 0 Å². The van der Waals surface area contributed by atoms with Crippen LogP contribution in [-0.4, -0.2) is 36.7 Å². The molecule has 9 heteroatoms. The molecule has 1 aliphatic rings. The topological polar surface area (TPSA) is 93.4 Å². The molecule has 0 atom stereocenters. The second-order valence-electron chi connectivity index (χ2n) is 6.38. The number of alkyl halides is 2. The van der Waals surface area contributed by atoms with Crippen LogP contribution in [0.3, 0.4) is 0 Å². The number of tetrazole rings is 1. The molecule has 7 nitrogen and oxygen atoms in total. The molecule has 1 aliphatic carbocycles. The maximum absolute atomic E-state index is 13.2. The zero-order valence-corrected chi connectivity index (χ0v) is 12.5. The maximum atomic E-state index is 13.2. The van der Waals surface area contributed by atoms with Gasteiger partial charge in [0.1, 0.15) is 0 Å². The molecule has 0 unspecified atom stereocenters. The van der Waals surface area contributed by atoms with E-state index < -0.39 is 11.3 Å². The minimum Gasteiger partial charge on any atom is -0.339 e. The molecule has 120 valence electrons. The van der Waals surface area contributed by atoms with Gasteiger partial charge in [-0.25, -0.2) is 8.78 Å². The number of rotatable bonds is 4. The molecule has 3 rings (SSSR count). The number of hydrogen-bond donors (Lipinski definition) is 1. The molecule has 2 heterocycles. The number of aromatic nitrogens is 6. The molecular formula is C13H18F2N6O. The Balaban J connectivity index is 1.67. The number of nitrogens with one attached hydrogen (secondary N) is 1. The van der Waals surface area contributed by atoms with Crippen molar-refractivity contribution in [2.24, 2.45) is 5.92 Å². The standard InChI is InChI=1S/C13H18F2N6O/c1-12(2,11-17-20-21-18-11)10-16-9(22-19-10)7-8-3-5-13(14,15)6-4-8/h8H,3-7H2,1-2H3,(H,17,18,20,21). The summed E-state index contributed by atoms with van der Waals surface area (Å²) < 4.78 is 31.6. The van der Waals surface area contributed by atoms with Crippen LogP contribution in [0.2, 0.25) is 0 Å². The first-order chi connectivity index (χ1) is 10.4. The molecule has 0 radical (unpaired) electrons. The van der Waals surface area contributed by atoms with Crippen LogP contribution in [0.5, 0.6) is 0 Å². The van der Waals surface area contributed by atoms with E-state index in [4.69, 9.17) is 4.52 Å². The second-order valence-corrected chi connectivity index (χ2v) is 6.38. The molecule has 1 saturated carbocycles. The molecule has 0 aliphatic heterocycles. The van der Waals surface area contributed by atoms with Crippen LogP contribution < -0.4 is 0 Å². The zero-order valence-electron chi connectivity index (χ0n) is 12.5. The lowest BCUT2D eigenvalue weighted by Gasteiger charge is -2.27. The molecule has 2 aromatic heterocycles. The number of aromatic amines is 1. The first kappa shape index (κ1) is 15.0. The molecule has 0 amide bonds. The molecule has 1 fully saturated rings. The Morgan fingerprint density at radius 2 is 2.00 bits per heavy atom. The smallest absolute Gasteiger partial charge is 0.248 e. The van der Waals surface area contributed by atoms with Crippen molar-refractivity contribution in [1.82, 2.24) is 30.8 Å². The molecule has 2 aromatic rings. The number of hydrogen-bond acceptors (Lipinski definition) is 6. The highest BCUT2D eigenvalue weighted by Gasteiger charge is 2.36. The lowest BCUT2D eigenvalue weighted by atomic mass is 9.85. The van der Waals surface area contributed by atoms with Gasteiger partial charge in [-0.15, -0.1) is 10.2 Å². The average Bonchev–Trinajstić information content (AvgIpc) is 3.12. The molecule has 0 spiro atoms. The van der Waals surface area contributed by atoms with Crippen molar-refractivity contribution >= 4 is 0 Å². The fourth-order valence-electron chi connectivity index (χ4n) is 2.67. The van der Waals surface area contributed by atoms with Crippen molar-refractivity contribution in [3.63, 3.8) is 0 Å². The van der Waals surface area contributed by atoms with Crippen molar-refractivity contribution in [1.29, 1.82) is 0 Å². The van der Waals surface area contributed by atoms with Gasteiger partial charge in [0.2, 0.25) is 11.8 Å². The largest absolute Gasteiger partial charge is 0.339 e. The fourth-order valence-corrected chi connectivity index (χ4v) is 2.67. The molecule has 0 bridgehead atoms. The summed E-state index contributed by atoms with van der Waals surface area (Å²) in [6.07, 6.45) is 1.38. The molecule has 0 aromatic carbocycles. The third-order valence-electron chi connectivity index (χ3n) is 4.23. The predicted octanol–water partition coefficient (Wildman–Crippen LogP) is 2.28. The highest BCUT2D eigenvalue weighted by atomic mass is 19.3. The van der Waals surface area contributed by atoms with E-state index in [2.05, 4.69) is 30.8 Å². The van der Waals surface area contributed by atoms with Crippen LogP contribution in [0.25, 0.3) is 0 Å². The normalized spacial score (nSPS) is 19.5. The molecular weight excluding hydrogens is 294 g/mol. The Bertz CT molecular complexity index is 614. The van der Waals surface area contributed by atoms with Crippen molar-refractivity contribution in [3.05, 3.63) is 17.5 Å². The lowest BCUT2D eigenvalue weighted by molar-refractivity contribution is -0.0462. The Hall–Kier alpha value is -1.93. The van der Waals surface area contributed by atoms with E-state index >= 15 is 0 Å². The van der Waals surface area contributed by atoms with Gasteiger partial charge < -0.3 is 4.52 Å². The Labute approximate surface area is 125 Å². The van der Waals surface area contributed by atoms with E-state index in [1.54, 1.807) is 0 Å². The summed E-state index contributed by atoms with van der Waals surface area (Å²) >= 11 is 0. The van der Waals surface area contributed by atoms with Gasteiger partial charge in [-0.3, -0.25) is 0 Å². The van der Waals surface area contributed by atoms with Crippen LogP contribution in [0.15, 0.2) is 4.52 Å². The van der Waals surface area contributed by atoms with Crippen LogP contribution in [0.1, 0.15) is 57.1 Å². The number of nitrogens with zero attached hydrogens (tertiary/aromatic N) is 5. The van der Waals surface area contributed by atoms with Crippen LogP contribution in [0, 0.1) is 5.92 Å². The lowest BCUT2D eigenvalue weighted by Crippen LogP contribution is -2.25. The van der Waals surface area contributed by atoms with Crippen LogP contribution >= 0.6 is 0 Å². The average molecular weight is 312 g/mol. The van der Waals surface area contributed by atoms with Gasteiger partial charge >= 0.3 is 0 Å². The zero-order chi connectivity index (χ0) is 15.8. The van der Waals surface area contributed by atoms with Crippen LogP contribution in [-0.2, 0) is 11.8 Å². The summed E-state index contributed by atoms with van der Waals surface area (Å²) in [4.78, 5) is 4.38. The number of H-pyrrole nitrogens is 1. The predicted molar refractivity (Wildman–Crippen MR) is 71.2 cm³/mol. The van der Waals surface area contributed by atoms with Gasteiger partial charge in [0.25, 0.3) is 0 Å². The highest BCUT2D eigenvalue weighted by Crippen LogP contribution is 2.37. The van der Waals surface area contributed by atoms with E-state index in [1.165, 1.54) is 0 Å². The van der Waals surface area contributed by atoms with Crippen LogP contribution in [0.4, 0.5) is 8.78 Å². The molecule has 1 N–H and O–H groups in total. The third-order valence-corrected chi connectivity index (χ3v) is 4.23. The summed E-state index contributed by atoms with van der Waals surface area (Å²) in [5, 5.41) is 17.8. The van der Waals surface area contributed by atoms with E-state index in [9.17, 15) is 8.78 Å². The summed E-state index contributed by atoms with van der Waals surface area (Å²) in [6.45, 7) is 3.74. The molecule has 22 heavy (non-hydrogen) atoms. The summed E-state index contributed by atoms with van der Waals surface area (Å²) in [5.41, 5.74) is -0.631. The van der Waals surface area contributed by atoms with E-state index in [0.29, 0.717) is 36.8 Å². The molecule has 0 saturated heterocycles. The van der Waals surface area contributed by atoms with Gasteiger partial charge in [-0.1, -0.05) is 10.4 Å². The maximum Gasteiger partial charge on any atom is 0.248 e. The van der Waals surface area contributed by atoms with Crippen molar-refractivity contribution < 1.29 is 13.3 Å². The quantitative estimate of drug-likeness (QED) is 0.931. The van der Waals surface area contributed by atoms with E-state index in [0.717, 1.165) is 0 Å². The second kappa shape index (κ2) is 5.36. The van der Waals surface area contributed by atoms with Gasteiger partial charge in [-0.05, 0) is 32.6 Å². The summed E-state index contributed by atoms with van der Waals surface area (Å²) in [6, 6.07) is 0. The Morgan fingerprint density at radius 1 is 1.27 bits per heavy atom. The summed E-state index contributed by atoms with van der Waals surface area (Å²) in [7, 11) is 0. The highest BCUT2D eigenvalue weighted by molar-refractivity contribution is 5.15. The Morgan fingerprint density at radius 3 is 2.64 bits per heavy atom. The van der Waals surface area contributed by atoms with Crippen molar-refractivity contribution in [2.45, 2.75) is 57.3 Å². The first-order valence-corrected chi connectivity index (χ1v) is 7.32. The van der Waals surface area contributed by atoms with Gasteiger partial charge in [-0.2, -0.15) is 10.2 Å². The number of halogens is 2. The van der Waals surface area contributed by atoms with Crippen molar-refractivity contribution in [2.75, 3.05) is 0 Å². The summed E-state index contributed by atoms with van der Waals surface area (Å²) in [5.74, 6) is -0.942. The minimum atomic E-state index is -2.52. The Kier molecular flexibility index (Phi) is 3.65. The SMILES string of the molecule is CC(C)(c1nn[nH]n1)c1noc(CC2CCC(F)(F)CC2)n1. The van der Waals surface area contributed by atoms with Gasteiger partial charge in [0.15, 0.2) is 11.6 Å². The first-order valence-electron chi connectivity index (χ1n) is 7.32. The third kappa shape index (κ3) is 2.97.